The van der Waals surface area contributed by atoms with Gasteiger partial charge >= 0.3 is 0 Å². The van der Waals surface area contributed by atoms with E-state index in [4.69, 9.17) is 11.0 Å². The molecule has 1 rings (SSSR count). The van der Waals surface area contributed by atoms with Crippen LogP contribution >= 0.6 is 0 Å². The van der Waals surface area contributed by atoms with E-state index in [0.717, 1.165) is 11.3 Å². The number of pyridine rings is 1. The van der Waals surface area contributed by atoms with Gasteiger partial charge < -0.3 is 5.73 Å². The molecule has 0 unspecified atom stereocenters. The van der Waals surface area contributed by atoms with Crippen molar-refractivity contribution in [1.82, 2.24) is 4.98 Å². The maximum atomic E-state index is 8.82. The van der Waals surface area contributed by atoms with Gasteiger partial charge in [-0.15, -0.1) is 0 Å². The molecule has 0 bridgehead atoms. The van der Waals surface area contributed by atoms with E-state index in [1.165, 1.54) is 0 Å². The Morgan fingerprint density at radius 1 is 1.54 bits per heavy atom. The van der Waals surface area contributed by atoms with E-state index in [1.807, 2.05) is 20.8 Å². The van der Waals surface area contributed by atoms with Crippen LogP contribution in [-0.2, 0) is 0 Å². The molecule has 0 radical (unpaired) electrons. The summed E-state index contributed by atoms with van der Waals surface area (Å²) in [7, 11) is 0. The molecule has 0 amide bonds. The topological polar surface area (TPSA) is 62.7 Å². The summed E-state index contributed by atoms with van der Waals surface area (Å²) in [4.78, 5) is 4.21. The summed E-state index contributed by atoms with van der Waals surface area (Å²) in [5, 5.41) is 8.82. The fraction of sp³-hybridized carbons (Fsp3) is 0.400. The minimum absolute atomic E-state index is 0.301. The fourth-order valence-corrected chi connectivity index (χ4v) is 1.33. The number of nitrogens with zero attached hydrogens (tertiary/aromatic N) is 2. The highest BCUT2D eigenvalue weighted by Crippen LogP contribution is 2.21. The molecule has 1 heterocycles. The summed E-state index contributed by atoms with van der Waals surface area (Å²) in [6, 6.07) is 3.72. The monoisotopic (exact) mass is 175 g/mol. The molecule has 0 aliphatic heterocycles. The molecule has 0 aliphatic rings. The van der Waals surface area contributed by atoms with Gasteiger partial charge in [-0.25, -0.2) is 4.98 Å². The van der Waals surface area contributed by atoms with Crippen LogP contribution < -0.4 is 5.73 Å². The van der Waals surface area contributed by atoms with Crippen molar-refractivity contribution in [2.24, 2.45) is 0 Å². The number of aromatic nitrogens is 1. The van der Waals surface area contributed by atoms with Crippen LogP contribution in [0.15, 0.2) is 6.07 Å². The molecule has 68 valence electrons. The minimum atomic E-state index is 0.301. The van der Waals surface area contributed by atoms with Crippen molar-refractivity contribution in [2.75, 3.05) is 5.73 Å². The second kappa shape index (κ2) is 3.44. The van der Waals surface area contributed by atoms with Crippen molar-refractivity contribution in [2.45, 2.75) is 26.7 Å². The first-order valence-corrected chi connectivity index (χ1v) is 4.23. The molecule has 0 spiro atoms. The largest absolute Gasteiger partial charge is 0.384 e. The van der Waals surface area contributed by atoms with Crippen molar-refractivity contribution >= 4 is 5.82 Å². The lowest BCUT2D eigenvalue weighted by molar-refractivity contribution is 0.813. The van der Waals surface area contributed by atoms with Gasteiger partial charge in [0.15, 0.2) is 0 Å². The van der Waals surface area contributed by atoms with Crippen LogP contribution in [0.2, 0.25) is 0 Å². The van der Waals surface area contributed by atoms with Crippen LogP contribution in [0.5, 0.6) is 0 Å². The van der Waals surface area contributed by atoms with Gasteiger partial charge in [0.25, 0.3) is 0 Å². The zero-order chi connectivity index (χ0) is 10.0. The average molecular weight is 175 g/mol. The zero-order valence-corrected chi connectivity index (χ0v) is 8.13. The van der Waals surface area contributed by atoms with E-state index < -0.39 is 0 Å². The van der Waals surface area contributed by atoms with Crippen molar-refractivity contribution in [3.63, 3.8) is 0 Å². The lowest BCUT2D eigenvalue weighted by Gasteiger charge is -2.10. The smallest absolute Gasteiger partial charge is 0.124 e. The van der Waals surface area contributed by atoms with Crippen LogP contribution in [0.3, 0.4) is 0 Å². The number of rotatable bonds is 1. The van der Waals surface area contributed by atoms with Gasteiger partial charge in [-0.1, -0.05) is 13.8 Å². The third-order valence-electron chi connectivity index (χ3n) is 2.00. The van der Waals surface area contributed by atoms with Crippen LogP contribution in [0, 0.1) is 18.3 Å². The molecule has 0 aromatic carbocycles. The van der Waals surface area contributed by atoms with Gasteiger partial charge in [-0.3, -0.25) is 0 Å². The Kier molecular flexibility index (Phi) is 2.52. The highest BCUT2D eigenvalue weighted by molar-refractivity contribution is 5.47. The van der Waals surface area contributed by atoms with Crippen molar-refractivity contribution in [3.05, 3.63) is 22.9 Å². The number of anilines is 1. The second-order valence-corrected chi connectivity index (χ2v) is 3.37. The van der Waals surface area contributed by atoms with Crippen LogP contribution in [-0.4, -0.2) is 4.98 Å². The fourth-order valence-electron chi connectivity index (χ4n) is 1.33. The summed E-state index contributed by atoms with van der Waals surface area (Å²) in [5.74, 6) is 0.724. The first-order valence-electron chi connectivity index (χ1n) is 4.23. The Bertz CT molecular complexity index is 361. The van der Waals surface area contributed by atoms with Crippen LogP contribution in [0.4, 0.5) is 5.82 Å². The minimum Gasteiger partial charge on any atom is -0.384 e. The van der Waals surface area contributed by atoms with E-state index in [9.17, 15) is 0 Å². The van der Waals surface area contributed by atoms with Crippen molar-refractivity contribution in [3.8, 4) is 6.07 Å². The third-order valence-corrected chi connectivity index (χ3v) is 2.00. The molecule has 2 N–H and O–H groups in total. The van der Waals surface area contributed by atoms with E-state index >= 15 is 0 Å². The third kappa shape index (κ3) is 1.78. The zero-order valence-electron chi connectivity index (χ0n) is 8.13. The number of hydrogen-bond donors (Lipinski definition) is 1. The SMILES string of the molecule is Cc1c(C#N)cc(N)nc1C(C)C. The summed E-state index contributed by atoms with van der Waals surface area (Å²) in [6.07, 6.45) is 0. The molecule has 3 heteroatoms. The van der Waals surface area contributed by atoms with Gasteiger partial charge in [-0.05, 0) is 24.5 Å². The number of nitrogens with two attached hydrogens (primary N) is 1. The van der Waals surface area contributed by atoms with E-state index in [-0.39, 0.29) is 0 Å². The second-order valence-electron chi connectivity index (χ2n) is 3.37. The first kappa shape index (κ1) is 9.53. The molecule has 1 aromatic rings. The van der Waals surface area contributed by atoms with Gasteiger partial charge in [0.2, 0.25) is 0 Å². The summed E-state index contributed by atoms with van der Waals surface area (Å²) < 4.78 is 0. The summed E-state index contributed by atoms with van der Waals surface area (Å²) in [5.41, 5.74) is 8.05. The standard InChI is InChI=1S/C10H13N3/c1-6(2)10-7(3)8(5-11)4-9(12)13-10/h4,6H,1-3H3,(H2,12,13). The maximum absolute atomic E-state index is 8.82. The lowest BCUT2D eigenvalue weighted by Crippen LogP contribution is -2.03. The molecule has 0 atom stereocenters. The molecular formula is C10H13N3. The Morgan fingerprint density at radius 2 is 2.15 bits per heavy atom. The summed E-state index contributed by atoms with van der Waals surface area (Å²) in [6.45, 7) is 5.98. The molecular weight excluding hydrogens is 162 g/mol. The van der Waals surface area contributed by atoms with Gasteiger partial charge in [0.1, 0.15) is 5.82 Å². The van der Waals surface area contributed by atoms with Gasteiger partial charge in [0, 0.05) is 5.69 Å². The molecule has 13 heavy (non-hydrogen) atoms. The van der Waals surface area contributed by atoms with Crippen LogP contribution in [0.1, 0.15) is 36.6 Å². The van der Waals surface area contributed by atoms with Crippen molar-refractivity contribution < 1.29 is 0 Å². The highest BCUT2D eigenvalue weighted by atomic mass is 14.8. The number of nitrogen functional groups attached to an aromatic ring is 1. The normalized spacial score (nSPS) is 10.1. The van der Waals surface area contributed by atoms with E-state index in [2.05, 4.69) is 11.1 Å². The first-order chi connectivity index (χ1) is 6.06. The number of nitriles is 1. The molecule has 3 nitrogen and oxygen atoms in total. The molecule has 1 aromatic heterocycles. The predicted molar refractivity (Wildman–Crippen MR) is 52.2 cm³/mol. The Balaban J connectivity index is 3.38. The van der Waals surface area contributed by atoms with E-state index in [1.54, 1.807) is 6.07 Å². The Hall–Kier alpha value is -1.56. The number of hydrogen-bond acceptors (Lipinski definition) is 3. The highest BCUT2D eigenvalue weighted by Gasteiger charge is 2.10. The Labute approximate surface area is 78.2 Å². The summed E-state index contributed by atoms with van der Waals surface area (Å²) >= 11 is 0. The van der Waals surface area contributed by atoms with Gasteiger partial charge in [0.05, 0.1) is 11.6 Å². The quantitative estimate of drug-likeness (QED) is 0.709. The molecule has 0 aliphatic carbocycles. The maximum Gasteiger partial charge on any atom is 0.124 e. The average Bonchev–Trinajstić information content (AvgIpc) is 2.08. The molecule has 0 saturated heterocycles. The van der Waals surface area contributed by atoms with E-state index in [0.29, 0.717) is 17.3 Å². The van der Waals surface area contributed by atoms with Gasteiger partial charge in [-0.2, -0.15) is 5.26 Å². The molecule has 0 saturated carbocycles. The van der Waals surface area contributed by atoms with Crippen LogP contribution in [0.25, 0.3) is 0 Å². The van der Waals surface area contributed by atoms with Crippen molar-refractivity contribution in [1.29, 1.82) is 5.26 Å². The lowest BCUT2D eigenvalue weighted by atomic mass is 10.0. The Morgan fingerprint density at radius 3 is 2.62 bits per heavy atom. The predicted octanol–water partition coefficient (Wildman–Crippen LogP) is 1.97. The molecule has 0 fully saturated rings.